The molecular formula is C18H18FN3O2. The van der Waals surface area contributed by atoms with Gasteiger partial charge in [-0.05, 0) is 36.4 Å². The predicted molar refractivity (Wildman–Crippen MR) is 89.7 cm³/mol. The number of imidazole rings is 1. The Bertz CT molecular complexity index is 889. The zero-order valence-electron chi connectivity index (χ0n) is 13.5. The van der Waals surface area contributed by atoms with E-state index < -0.39 is 0 Å². The minimum absolute atomic E-state index is 0.168. The van der Waals surface area contributed by atoms with Crippen molar-refractivity contribution in [1.82, 2.24) is 14.9 Å². The van der Waals surface area contributed by atoms with Crippen molar-refractivity contribution in [3.8, 4) is 5.75 Å². The lowest BCUT2D eigenvalue weighted by atomic mass is 10.2. The standard InChI is InChI=1S/C18H18FN3O2/c1-22-16-11-13(19)6-7-15(16)21-17(22)8-9-20-18(23)12-4-3-5-14(10-12)24-2/h3-7,10-11H,8-9H2,1-2H3,(H,20,23). The van der Waals surface area contributed by atoms with Crippen LogP contribution in [0.25, 0.3) is 11.0 Å². The number of hydrogen-bond donors (Lipinski definition) is 1. The first-order valence-electron chi connectivity index (χ1n) is 7.61. The van der Waals surface area contributed by atoms with Crippen molar-refractivity contribution in [3.63, 3.8) is 0 Å². The number of ether oxygens (including phenoxy) is 1. The van der Waals surface area contributed by atoms with Crippen LogP contribution in [0.3, 0.4) is 0 Å². The molecule has 0 bridgehead atoms. The molecule has 0 spiro atoms. The summed E-state index contributed by atoms with van der Waals surface area (Å²) in [5.41, 5.74) is 2.03. The number of fused-ring (bicyclic) bond motifs is 1. The van der Waals surface area contributed by atoms with Crippen molar-refractivity contribution in [2.24, 2.45) is 7.05 Å². The smallest absolute Gasteiger partial charge is 0.251 e. The zero-order chi connectivity index (χ0) is 17.1. The van der Waals surface area contributed by atoms with Crippen LogP contribution in [0, 0.1) is 5.82 Å². The third-order valence-electron chi connectivity index (χ3n) is 3.90. The van der Waals surface area contributed by atoms with Gasteiger partial charge in [-0.3, -0.25) is 4.79 Å². The Morgan fingerprint density at radius 3 is 2.92 bits per heavy atom. The van der Waals surface area contributed by atoms with Gasteiger partial charge in [0.2, 0.25) is 0 Å². The fourth-order valence-electron chi connectivity index (χ4n) is 2.59. The van der Waals surface area contributed by atoms with Gasteiger partial charge in [0.25, 0.3) is 5.91 Å². The Kier molecular flexibility index (Phi) is 4.46. The van der Waals surface area contributed by atoms with E-state index in [1.807, 2.05) is 11.6 Å². The van der Waals surface area contributed by atoms with Crippen molar-refractivity contribution >= 4 is 16.9 Å². The van der Waals surface area contributed by atoms with Crippen LogP contribution in [0.4, 0.5) is 4.39 Å². The second-order valence-corrected chi connectivity index (χ2v) is 5.46. The van der Waals surface area contributed by atoms with Gasteiger partial charge in [-0.25, -0.2) is 9.37 Å². The third-order valence-corrected chi connectivity index (χ3v) is 3.90. The van der Waals surface area contributed by atoms with Crippen molar-refractivity contribution in [2.45, 2.75) is 6.42 Å². The van der Waals surface area contributed by atoms with Gasteiger partial charge in [0, 0.05) is 25.6 Å². The molecule has 0 aliphatic carbocycles. The Morgan fingerprint density at radius 2 is 2.12 bits per heavy atom. The first-order chi connectivity index (χ1) is 11.6. The van der Waals surface area contributed by atoms with E-state index in [-0.39, 0.29) is 11.7 Å². The molecule has 0 fully saturated rings. The van der Waals surface area contributed by atoms with Crippen LogP contribution in [0.2, 0.25) is 0 Å². The number of carbonyl (C=O) groups excluding carboxylic acids is 1. The maximum atomic E-state index is 13.3. The number of rotatable bonds is 5. The summed E-state index contributed by atoms with van der Waals surface area (Å²) >= 11 is 0. The van der Waals surface area contributed by atoms with E-state index in [9.17, 15) is 9.18 Å². The Morgan fingerprint density at radius 1 is 1.29 bits per heavy atom. The maximum absolute atomic E-state index is 13.3. The minimum atomic E-state index is -0.289. The number of methoxy groups -OCH3 is 1. The van der Waals surface area contributed by atoms with Crippen LogP contribution in [0.1, 0.15) is 16.2 Å². The van der Waals surface area contributed by atoms with Gasteiger partial charge in [0.05, 0.1) is 18.1 Å². The van der Waals surface area contributed by atoms with E-state index in [0.29, 0.717) is 24.3 Å². The Labute approximate surface area is 139 Å². The molecule has 3 rings (SSSR count). The number of halogens is 1. The molecule has 0 radical (unpaired) electrons. The van der Waals surface area contributed by atoms with Gasteiger partial charge in [-0.2, -0.15) is 0 Å². The number of carbonyl (C=O) groups is 1. The highest BCUT2D eigenvalue weighted by atomic mass is 19.1. The van der Waals surface area contributed by atoms with Gasteiger partial charge >= 0.3 is 0 Å². The predicted octanol–water partition coefficient (Wildman–Crippen LogP) is 2.69. The number of hydrogen-bond acceptors (Lipinski definition) is 3. The molecule has 124 valence electrons. The summed E-state index contributed by atoms with van der Waals surface area (Å²) in [6, 6.07) is 11.5. The molecule has 0 aliphatic rings. The van der Waals surface area contributed by atoms with Crippen molar-refractivity contribution < 1.29 is 13.9 Å². The lowest BCUT2D eigenvalue weighted by Gasteiger charge is -2.07. The quantitative estimate of drug-likeness (QED) is 0.784. The van der Waals surface area contributed by atoms with Gasteiger partial charge in [0.15, 0.2) is 0 Å². The number of amides is 1. The summed E-state index contributed by atoms with van der Waals surface area (Å²) in [5, 5.41) is 2.86. The van der Waals surface area contributed by atoms with Gasteiger partial charge in [0.1, 0.15) is 17.4 Å². The number of nitrogens with one attached hydrogen (secondary N) is 1. The summed E-state index contributed by atoms with van der Waals surface area (Å²) < 4.78 is 20.3. The van der Waals surface area contributed by atoms with Crippen LogP contribution < -0.4 is 10.1 Å². The minimum Gasteiger partial charge on any atom is -0.497 e. The first kappa shape index (κ1) is 16.0. The summed E-state index contributed by atoms with van der Waals surface area (Å²) in [6.07, 6.45) is 0.558. The molecule has 1 N–H and O–H groups in total. The Balaban J connectivity index is 1.66. The van der Waals surface area contributed by atoms with Gasteiger partial charge in [-0.1, -0.05) is 6.07 Å². The van der Waals surface area contributed by atoms with Crippen LogP contribution in [0.15, 0.2) is 42.5 Å². The summed E-state index contributed by atoms with van der Waals surface area (Å²) in [5.74, 6) is 0.976. The maximum Gasteiger partial charge on any atom is 0.251 e. The molecule has 24 heavy (non-hydrogen) atoms. The topological polar surface area (TPSA) is 56.1 Å². The number of aryl methyl sites for hydroxylation is 1. The average Bonchev–Trinajstić information content (AvgIpc) is 2.91. The van der Waals surface area contributed by atoms with Gasteiger partial charge < -0.3 is 14.6 Å². The molecule has 3 aromatic rings. The highest BCUT2D eigenvalue weighted by Gasteiger charge is 2.10. The molecule has 2 aromatic carbocycles. The fraction of sp³-hybridized carbons (Fsp3) is 0.222. The van der Waals surface area contributed by atoms with Crippen molar-refractivity contribution in [3.05, 3.63) is 59.7 Å². The van der Waals surface area contributed by atoms with E-state index in [2.05, 4.69) is 10.3 Å². The molecular weight excluding hydrogens is 309 g/mol. The summed E-state index contributed by atoms with van der Waals surface area (Å²) in [6.45, 7) is 0.440. The molecule has 0 aliphatic heterocycles. The monoisotopic (exact) mass is 327 g/mol. The molecule has 0 atom stereocenters. The lowest BCUT2D eigenvalue weighted by molar-refractivity contribution is 0.0953. The van der Waals surface area contributed by atoms with Crippen LogP contribution in [-0.2, 0) is 13.5 Å². The highest BCUT2D eigenvalue weighted by molar-refractivity contribution is 5.94. The van der Waals surface area contributed by atoms with Crippen molar-refractivity contribution in [2.75, 3.05) is 13.7 Å². The number of benzene rings is 2. The molecule has 1 amide bonds. The van der Waals surface area contributed by atoms with E-state index in [0.717, 1.165) is 16.9 Å². The normalized spacial score (nSPS) is 10.8. The summed E-state index contributed by atoms with van der Waals surface area (Å²) in [4.78, 5) is 16.6. The van der Waals surface area contributed by atoms with Crippen LogP contribution in [-0.4, -0.2) is 29.1 Å². The number of nitrogens with zero attached hydrogens (tertiary/aromatic N) is 2. The van der Waals surface area contributed by atoms with Crippen LogP contribution >= 0.6 is 0 Å². The van der Waals surface area contributed by atoms with Crippen molar-refractivity contribution in [1.29, 1.82) is 0 Å². The lowest BCUT2D eigenvalue weighted by Crippen LogP contribution is -2.26. The molecule has 1 heterocycles. The molecule has 6 heteroatoms. The average molecular weight is 327 g/mol. The number of aromatic nitrogens is 2. The largest absolute Gasteiger partial charge is 0.497 e. The highest BCUT2D eigenvalue weighted by Crippen LogP contribution is 2.16. The molecule has 5 nitrogen and oxygen atoms in total. The molecule has 0 saturated carbocycles. The van der Waals surface area contributed by atoms with Gasteiger partial charge in [-0.15, -0.1) is 0 Å². The molecule has 0 saturated heterocycles. The second-order valence-electron chi connectivity index (χ2n) is 5.46. The second kappa shape index (κ2) is 6.70. The van der Waals surface area contributed by atoms with E-state index >= 15 is 0 Å². The third kappa shape index (κ3) is 3.22. The molecule has 0 unspecified atom stereocenters. The summed E-state index contributed by atoms with van der Waals surface area (Å²) in [7, 11) is 3.40. The van der Waals surface area contributed by atoms with E-state index in [1.54, 1.807) is 37.4 Å². The Hall–Kier alpha value is -2.89. The molecule has 1 aromatic heterocycles. The van der Waals surface area contributed by atoms with Crippen LogP contribution in [0.5, 0.6) is 5.75 Å². The first-order valence-corrected chi connectivity index (χ1v) is 7.61. The van der Waals surface area contributed by atoms with E-state index in [4.69, 9.17) is 4.74 Å². The zero-order valence-corrected chi connectivity index (χ0v) is 13.5. The SMILES string of the molecule is COc1cccc(C(=O)NCCc2nc3ccc(F)cc3n2C)c1. The van der Waals surface area contributed by atoms with E-state index in [1.165, 1.54) is 12.1 Å². The fourth-order valence-corrected chi connectivity index (χ4v) is 2.59.